The van der Waals surface area contributed by atoms with E-state index < -0.39 is 17.8 Å². The van der Waals surface area contributed by atoms with Gasteiger partial charge in [-0.2, -0.15) is 8.78 Å². The summed E-state index contributed by atoms with van der Waals surface area (Å²) >= 11 is 0.366. The fraction of sp³-hybridized carbons (Fsp3) is 0.364. The van der Waals surface area contributed by atoms with Gasteiger partial charge in [0.2, 0.25) is 0 Å². The van der Waals surface area contributed by atoms with Crippen molar-refractivity contribution in [2.24, 2.45) is 0 Å². The summed E-state index contributed by atoms with van der Waals surface area (Å²) in [4.78, 5) is 11.8. The third-order valence-electron chi connectivity index (χ3n) is 2.00. The summed E-state index contributed by atoms with van der Waals surface area (Å²) in [6, 6.07) is 5.35. The summed E-state index contributed by atoms with van der Waals surface area (Å²) in [7, 11) is 0. The van der Waals surface area contributed by atoms with Crippen LogP contribution in [0, 0.1) is 0 Å². The fourth-order valence-electron chi connectivity index (χ4n) is 1.20. The summed E-state index contributed by atoms with van der Waals surface area (Å²) in [5.41, 5.74) is 0.311. The predicted molar refractivity (Wildman–Crippen MR) is 67.0 cm³/mol. The number of carbonyl (C=O) groups excluding carboxylic acids is 1. The second kappa shape index (κ2) is 7.17. The maximum absolute atomic E-state index is 12.3. The highest BCUT2D eigenvalue weighted by Gasteiger charge is 2.12. The van der Waals surface area contributed by atoms with Gasteiger partial charge in [0, 0.05) is 4.90 Å². The van der Waals surface area contributed by atoms with E-state index in [1.807, 2.05) is 0 Å². The number of hydrogen-bond donors (Lipinski definition) is 3. The summed E-state index contributed by atoms with van der Waals surface area (Å²) in [6.07, 6.45) is 0. The molecule has 0 aliphatic heterocycles. The van der Waals surface area contributed by atoms with Gasteiger partial charge in [0.25, 0.3) is 5.76 Å². The quantitative estimate of drug-likeness (QED) is 0.724. The maximum atomic E-state index is 12.3. The van der Waals surface area contributed by atoms with E-state index in [2.05, 4.69) is 10.6 Å². The number of hydrogen-bond acceptors (Lipinski definition) is 3. The minimum Gasteiger partial charge on any atom is -0.394 e. The zero-order chi connectivity index (χ0) is 13.5. The minimum atomic E-state index is -2.55. The van der Waals surface area contributed by atoms with Crippen LogP contribution in [0.3, 0.4) is 0 Å². The van der Waals surface area contributed by atoms with Gasteiger partial charge in [-0.3, -0.25) is 0 Å². The number of alkyl halides is 2. The lowest BCUT2D eigenvalue weighted by atomic mass is 10.3. The number of amides is 2. The molecule has 2 amide bonds. The van der Waals surface area contributed by atoms with Crippen molar-refractivity contribution in [2.45, 2.75) is 23.6 Å². The lowest BCUT2D eigenvalue weighted by Gasteiger charge is -2.14. The average molecular weight is 276 g/mol. The van der Waals surface area contributed by atoms with E-state index >= 15 is 0 Å². The molecule has 0 unspecified atom stereocenters. The van der Waals surface area contributed by atoms with Crippen molar-refractivity contribution >= 4 is 23.5 Å². The summed E-state index contributed by atoms with van der Waals surface area (Å²) < 4.78 is 24.6. The van der Waals surface area contributed by atoms with Gasteiger partial charge in [-0.15, -0.1) is 0 Å². The van der Waals surface area contributed by atoms with E-state index in [4.69, 9.17) is 5.11 Å². The van der Waals surface area contributed by atoms with Crippen molar-refractivity contribution in [3.8, 4) is 0 Å². The molecule has 1 aromatic carbocycles. The lowest BCUT2D eigenvalue weighted by molar-refractivity contribution is 0.229. The molecule has 0 aliphatic rings. The predicted octanol–water partition coefficient (Wildman–Crippen LogP) is 2.50. The molecule has 100 valence electrons. The first-order valence-electron chi connectivity index (χ1n) is 5.25. The van der Waals surface area contributed by atoms with E-state index in [-0.39, 0.29) is 6.61 Å². The number of aliphatic hydroxyl groups is 1. The van der Waals surface area contributed by atoms with Crippen molar-refractivity contribution in [1.29, 1.82) is 0 Å². The van der Waals surface area contributed by atoms with Crippen molar-refractivity contribution in [2.75, 3.05) is 11.9 Å². The van der Waals surface area contributed by atoms with Crippen LogP contribution in [0.25, 0.3) is 0 Å². The van der Waals surface area contributed by atoms with E-state index in [1.54, 1.807) is 19.1 Å². The highest BCUT2D eigenvalue weighted by Crippen LogP contribution is 2.31. The molecular weight excluding hydrogens is 262 g/mol. The van der Waals surface area contributed by atoms with Gasteiger partial charge in [0.15, 0.2) is 0 Å². The Hall–Kier alpha value is -1.34. The molecule has 0 aliphatic carbocycles. The van der Waals surface area contributed by atoms with E-state index in [1.165, 1.54) is 12.1 Å². The fourth-order valence-corrected chi connectivity index (χ4v) is 1.79. The Morgan fingerprint density at radius 3 is 2.72 bits per heavy atom. The maximum Gasteiger partial charge on any atom is 0.319 e. The Morgan fingerprint density at radius 2 is 2.11 bits per heavy atom. The SMILES string of the molecule is C[C@H](CO)NC(=O)Nc1ccccc1SC(F)F. The van der Waals surface area contributed by atoms with Gasteiger partial charge in [-0.1, -0.05) is 23.9 Å². The van der Waals surface area contributed by atoms with Gasteiger partial charge >= 0.3 is 6.03 Å². The van der Waals surface area contributed by atoms with Crippen molar-refractivity contribution in [3.63, 3.8) is 0 Å². The first-order chi connectivity index (χ1) is 8.52. The molecular formula is C11H14F2N2O2S. The number of thioether (sulfide) groups is 1. The van der Waals surface area contributed by atoms with Gasteiger partial charge < -0.3 is 15.7 Å². The molecule has 18 heavy (non-hydrogen) atoms. The molecule has 1 rings (SSSR count). The highest BCUT2D eigenvalue weighted by atomic mass is 32.2. The van der Waals surface area contributed by atoms with Crippen LogP contribution in [-0.4, -0.2) is 29.5 Å². The molecule has 4 nitrogen and oxygen atoms in total. The van der Waals surface area contributed by atoms with E-state index in [0.717, 1.165) is 0 Å². The summed E-state index contributed by atoms with van der Waals surface area (Å²) in [5.74, 6) is -2.55. The molecule has 0 radical (unpaired) electrons. The molecule has 0 saturated heterocycles. The number of urea groups is 1. The van der Waals surface area contributed by atoms with Crippen LogP contribution < -0.4 is 10.6 Å². The Kier molecular flexibility index (Phi) is 5.87. The van der Waals surface area contributed by atoms with Gasteiger partial charge in [0.05, 0.1) is 18.3 Å². The first-order valence-corrected chi connectivity index (χ1v) is 6.13. The molecule has 0 aromatic heterocycles. The molecule has 1 atom stereocenters. The van der Waals surface area contributed by atoms with Crippen LogP contribution in [0.15, 0.2) is 29.2 Å². The van der Waals surface area contributed by atoms with Crippen LogP contribution in [0.1, 0.15) is 6.92 Å². The first kappa shape index (κ1) is 14.7. The second-order valence-electron chi connectivity index (χ2n) is 3.56. The number of nitrogens with one attached hydrogen (secondary N) is 2. The summed E-state index contributed by atoms with van der Waals surface area (Å²) in [5, 5.41) is 13.7. The average Bonchev–Trinajstić information content (AvgIpc) is 2.30. The Morgan fingerprint density at radius 1 is 1.44 bits per heavy atom. The van der Waals surface area contributed by atoms with Crippen molar-refractivity contribution in [1.82, 2.24) is 5.32 Å². The second-order valence-corrected chi connectivity index (χ2v) is 4.59. The molecule has 7 heteroatoms. The van der Waals surface area contributed by atoms with Gasteiger partial charge in [0.1, 0.15) is 0 Å². The third-order valence-corrected chi connectivity index (χ3v) is 2.79. The zero-order valence-electron chi connectivity index (χ0n) is 9.69. The molecule has 1 aromatic rings. The normalized spacial score (nSPS) is 12.3. The number of rotatable bonds is 5. The zero-order valence-corrected chi connectivity index (χ0v) is 10.5. The number of para-hydroxylation sites is 1. The molecule has 0 saturated carbocycles. The number of carbonyl (C=O) groups is 1. The lowest BCUT2D eigenvalue weighted by Crippen LogP contribution is -2.38. The molecule has 0 heterocycles. The molecule has 3 N–H and O–H groups in total. The van der Waals surface area contributed by atoms with E-state index in [9.17, 15) is 13.6 Å². The smallest absolute Gasteiger partial charge is 0.319 e. The summed E-state index contributed by atoms with van der Waals surface area (Å²) in [6.45, 7) is 1.43. The monoisotopic (exact) mass is 276 g/mol. The largest absolute Gasteiger partial charge is 0.394 e. The topological polar surface area (TPSA) is 61.4 Å². The van der Waals surface area contributed by atoms with Crippen LogP contribution in [0.5, 0.6) is 0 Å². The van der Waals surface area contributed by atoms with Crippen molar-refractivity contribution < 1.29 is 18.7 Å². The third kappa shape index (κ3) is 4.89. The van der Waals surface area contributed by atoms with E-state index in [0.29, 0.717) is 22.3 Å². The number of benzene rings is 1. The Balaban J connectivity index is 2.68. The standard InChI is InChI=1S/C11H14F2N2O2S/c1-7(6-16)14-11(17)15-8-4-2-3-5-9(8)18-10(12)13/h2-5,7,10,16H,6H2,1H3,(H2,14,15,17)/t7-/m1/s1. The number of halogens is 2. The highest BCUT2D eigenvalue weighted by molar-refractivity contribution is 7.99. The Labute approximate surface area is 108 Å². The minimum absolute atomic E-state index is 0.194. The van der Waals surface area contributed by atoms with Crippen LogP contribution >= 0.6 is 11.8 Å². The van der Waals surface area contributed by atoms with Gasteiger partial charge in [-0.05, 0) is 19.1 Å². The van der Waals surface area contributed by atoms with Crippen LogP contribution in [-0.2, 0) is 0 Å². The Bertz CT molecular complexity index is 404. The molecule has 0 fully saturated rings. The van der Waals surface area contributed by atoms with Crippen molar-refractivity contribution in [3.05, 3.63) is 24.3 Å². The molecule has 0 spiro atoms. The van der Waals surface area contributed by atoms with Crippen LogP contribution in [0.2, 0.25) is 0 Å². The van der Waals surface area contributed by atoms with Gasteiger partial charge in [-0.25, -0.2) is 4.79 Å². The van der Waals surface area contributed by atoms with Crippen LogP contribution in [0.4, 0.5) is 19.3 Å². The number of anilines is 1. The molecule has 0 bridgehead atoms. The number of aliphatic hydroxyl groups excluding tert-OH is 1.